The molecule has 1 saturated heterocycles. The van der Waals surface area contributed by atoms with Crippen LogP contribution in [0.3, 0.4) is 0 Å². The molecule has 0 amide bonds. The Morgan fingerprint density at radius 1 is 1.47 bits per heavy atom. The van der Waals surface area contributed by atoms with Gasteiger partial charge in [-0.15, -0.1) is 0 Å². The second-order valence-electron chi connectivity index (χ2n) is 5.32. The molecule has 0 bridgehead atoms. The Morgan fingerprint density at radius 3 is 3.11 bits per heavy atom. The van der Waals surface area contributed by atoms with Gasteiger partial charge in [-0.05, 0) is 31.2 Å². The van der Waals surface area contributed by atoms with Crippen LogP contribution in [0.1, 0.15) is 26.2 Å². The van der Waals surface area contributed by atoms with Crippen LogP contribution in [-0.2, 0) is 4.74 Å². The number of hydrogen-bond donors (Lipinski definition) is 1. The second-order valence-corrected chi connectivity index (χ2v) is 5.32. The molecule has 1 N–H and O–H groups in total. The Bertz CT molecular complexity index is 377. The number of aromatic nitrogens is 1. The molecule has 1 atom stereocenters. The highest BCUT2D eigenvalue weighted by Crippen LogP contribution is 2.20. The van der Waals surface area contributed by atoms with Gasteiger partial charge in [0.15, 0.2) is 0 Å². The summed E-state index contributed by atoms with van der Waals surface area (Å²) in [6.45, 7) is 6.02. The molecule has 1 aliphatic heterocycles. The van der Waals surface area contributed by atoms with Crippen molar-refractivity contribution < 1.29 is 4.74 Å². The maximum Gasteiger partial charge on any atom is 0.0570 e. The third-order valence-electron chi connectivity index (χ3n) is 3.53. The molecular formula is C15H25N3O. The molecule has 1 aromatic heterocycles. The largest absolute Gasteiger partial charge is 0.384 e. The minimum Gasteiger partial charge on any atom is -0.384 e. The summed E-state index contributed by atoms with van der Waals surface area (Å²) in [5.74, 6) is 0.644. The molecule has 1 aromatic rings. The van der Waals surface area contributed by atoms with Gasteiger partial charge in [-0.2, -0.15) is 0 Å². The lowest BCUT2D eigenvalue weighted by Gasteiger charge is -2.28. The predicted molar refractivity (Wildman–Crippen MR) is 79.8 cm³/mol. The van der Waals surface area contributed by atoms with E-state index in [1.165, 1.54) is 18.5 Å². The van der Waals surface area contributed by atoms with Crippen molar-refractivity contribution in [3.63, 3.8) is 0 Å². The number of anilines is 2. The van der Waals surface area contributed by atoms with E-state index in [2.05, 4.69) is 35.2 Å². The highest BCUT2D eigenvalue weighted by molar-refractivity contribution is 5.55. The van der Waals surface area contributed by atoms with Gasteiger partial charge in [-0.25, -0.2) is 0 Å². The third kappa shape index (κ3) is 4.39. The first-order chi connectivity index (χ1) is 9.29. The minimum atomic E-state index is 0.644. The van der Waals surface area contributed by atoms with Crippen LogP contribution in [0.4, 0.5) is 11.4 Å². The van der Waals surface area contributed by atoms with E-state index in [4.69, 9.17) is 4.74 Å². The molecule has 4 heteroatoms. The first kappa shape index (κ1) is 14.1. The number of hydrogen-bond acceptors (Lipinski definition) is 4. The van der Waals surface area contributed by atoms with E-state index in [0.717, 1.165) is 38.4 Å². The van der Waals surface area contributed by atoms with Crippen LogP contribution in [0.5, 0.6) is 0 Å². The zero-order chi connectivity index (χ0) is 13.5. The standard InChI is InChI=1S/C15H25N3O/c1-3-6-17-14-8-15(10-16-9-14)18(2)11-13-5-4-7-19-12-13/h8-10,13,17H,3-7,11-12H2,1-2H3. The predicted octanol–water partition coefficient (Wildman–Crippen LogP) is 2.77. The van der Waals surface area contributed by atoms with E-state index in [0.29, 0.717) is 5.92 Å². The van der Waals surface area contributed by atoms with E-state index >= 15 is 0 Å². The second kappa shape index (κ2) is 7.34. The van der Waals surface area contributed by atoms with Crippen LogP contribution < -0.4 is 10.2 Å². The van der Waals surface area contributed by atoms with Crippen molar-refractivity contribution in [1.82, 2.24) is 4.98 Å². The molecule has 0 aliphatic carbocycles. The molecule has 2 heterocycles. The van der Waals surface area contributed by atoms with Gasteiger partial charge < -0.3 is 15.0 Å². The summed E-state index contributed by atoms with van der Waals surface area (Å²) >= 11 is 0. The van der Waals surface area contributed by atoms with E-state index in [-0.39, 0.29) is 0 Å². The molecular weight excluding hydrogens is 238 g/mol. The number of pyridine rings is 1. The summed E-state index contributed by atoms with van der Waals surface area (Å²) in [4.78, 5) is 6.60. The van der Waals surface area contributed by atoms with Crippen LogP contribution >= 0.6 is 0 Å². The number of rotatable bonds is 6. The van der Waals surface area contributed by atoms with Gasteiger partial charge in [0.25, 0.3) is 0 Å². The lowest BCUT2D eigenvalue weighted by atomic mass is 10.0. The highest BCUT2D eigenvalue weighted by atomic mass is 16.5. The Morgan fingerprint density at radius 2 is 2.37 bits per heavy atom. The number of nitrogens with one attached hydrogen (secondary N) is 1. The zero-order valence-electron chi connectivity index (χ0n) is 12.1. The summed E-state index contributed by atoms with van der Waals surface area (Å²) in [5.41, 5.74) is 2.28. The molecule has 4 nitrogen and oxygen atoms in total. The average Bonchev–Trinajstić information content (AvgIpc) is 2.46. The molecule has 19 heavy (non-hydrogen) atoms. The highest BCUT2D eigenvalue weighted by Gasteiger charge is 2.16. The Kier molecular flexibility index (Phi) is 5.45. The van der Waals surface area contributed by atoms with Gasteiger partial charge in [0.2, 0.25) is 0 Å². The van der Waals surface area contributed by atoms with Gasteiger partial charge in [0.05, 0.1) is 30.4 Å². The fraction of sp³-hybridized carbons (Fsp3) is 0.667. The van der Waals surface area contributed by atoms with Crippen LogP contribution in [0.15, 0.2) is 18.5 Å². The van der Waals surface area contributed by atoms with Crippen molar-refractivity contribution in [3.05, 3.63) is 18.5 Å². The average molecular weight is 263 g/mol. The van der Waals surface area contributed by atoms with Crippen molar-refractivity contribution in [3.8, 4) is 0 Å². The maximum atomic E-state index is 5.54. The SMILES string of the molecule is CCCNc1cncc(N(C)CC2CCCOC2)c1. The molecule has 0 saturated carbocycles. The summed E-state index contributed by atoms with van der Waals surface area (Å²) < 4.78 is 5.54. The minimum absolute atomic E-state index is 0.644. The Balaban J connectivity index is 1.91. The van der Waals surface area contributed by atoms with Crippen molar-refractivity contribution in [2.24, 2.45) is 5.92 Å². The van der Waals surface area contributed by atoms with E-state index in [9.17, 15) is 0 Å². The summed E-state index contributed by atoms with van der Waals surface area (Å²) in [6.07, 6.45) is 7.40. The lowest BCUT2D eigenvalue weighted by Crippen LogP contribution is -2.30. The van der Waals surface area contributed by atoms with Crippen LogP contribution in [0.2, 0.25) is 0 Å². The summed E-state index contributed by atoms with van der Waals surface area (Å²) in [7, 11) is 2.13. The first-order valence-corrected chi connectivity index (χ1v) is 7.27. The summed E-state index contributed by atoms with van der Waals surface area (Å²) in [5, 5.41) is 3.38. The fourth-order valence-electron chi connectivity index (χ4n) is 2.45. The van der Waals surface area contributed by atoms with Gasteiger partial charge in [0.1, 0.15) is 0 Å². The third-order valence-corrected chi connectivity index (χ3v) is 3.53. The Hall–Kier alpha value is -1.29. The van der Waals surface area contributed by atoms with Crippen molar-refractivity contribution in [1.29, 1.82) is 0 Å². The van der Waals surface area contributed by atoms with E-state index < -0.39 is 0 Å². The van der Waals surface area contributed by atoms with Crippen LogP contribution in [-0.4, -0.2) is 38.3 Å². The molecule has 0 radical (unpaired) electrons. The molecule has 0 aromatic carbocycles. The monoisotopic (exact) mass is 263 g/mol. The molecule has 1 fully saturated rings. The molecule has 2 rings (SSSR count). The van der Waals surface area contributed by atoms with Crippen LogP contribution in [0, 0.1) is 5.92 Å². The summed E-state index contributed by atoms with van der Waals surface area (Å²) in [6, 6.07) is 2.17. The normalized spacial score (nSPS) is 19.2. The lowest BCUT2D eigenvalue weighted by molar-refractivity contribution is 0.0576. The first-order valence-electron chi connectivity index (χ1n) is 7.27. The topological polar surface area (TPSA) is 37.4 Å². The van der Waals surface area contributed by atoms with Gasteiger partial charge >= 0.3 is 0 Å². The van der Waals surface area contributed by atoms with Gasteiger partial charge in [-0.3, -0.25) is 4.98 Å². The van der Waals surface area contributed by atoms with E-state index in [1.54, 1.807) is 0 Å². The van der Waals surface area contributed by atoms with Crippen molar-refractivity contribution >= 4 is 11.4 Å². The molecule has 1 aliphatic rings. The Labute approximate surface area is 116 Å². The molecule has 106 valence electrons. The molecule has 0 spiro atoms. The number of nitrogens with zero attached hydrogens (tertiary/aromatic N) is 2. The maximum absolute atomic E-state index is 5.54. The van der Waals surface area contributed by atoms with E-state index in [1.807, 2.05) is 12.4 Å². The quantitative estimate of drug-likeness (QED) is 0.856. The fourth-order valence-corrected chi connectivity index (χ4v) is 2.45. The van der Waals surface area contributed by atoms with Gasteiger partial charge in [0, 0.05) is 26.7 Å². The van der Waals surface area contributed by atoms with Crippen molar-refractivity contribution in [2.75, 3.05) is 43.6 Å². The zero-order valence-corrected chi connectivity index (χ0v) is 12.1. The number of ether oxygens (including phenoxy) is 1. The van der Waals surface area contributed by atoms with Crippen molar-refractivity contribution in [2.45, 2.75) is 26.2 Å². The smallest absolute Gasteiger partial charge is 0.0570 e. The van der Waals surface area contributed by atoms with Gasteiger partial charge in [-0.1, -0.05) is 6.92 Å². The van der Waals surface area contributed by atoms with Crippen LogP contribution in [0.25, 0.3) is 0 Å². The molecule has 1 unspecified atom stereocenters.